The Morgan fingerprint density at radius 2 is 0.911 bits per heavy atom. The Bertz CT molecular complexity index is 627. The maximum absolute atomic E-state index is 12.6. The summed E-state index contributed by atoms with van der Waals surface area (Å²) in [7, 11) is 0. The number of esters is 1. The van der Waals surface area contributed by atoms with Crippen LogP contribution in [0, 0.1) is 0 Å². The number of hydrogen-bond acceptors (Lipinski definition) is 4. The van der Waals surface area contributed by atoms with Gasteiger partial charge in [-0.3, -0.25) is 14.4 Å². The minimum atomic E-state index is -0.250. The second-order valence-electron chi connectivity index (χ2n) is 12.8. The summed E-state index contributed by atoms with van der Waals surface area (Å²) >= 11 is 0. The van der Waals surface area contributed by atoms with Crippen LogP contribution in [0.25, 0.3) is 0 Å². The van der Waals surface area contributed by atoms with Crippen LogP contribution in [0.1, 0.15) is 214 Å². The largest absolute Gasteiger partial charge is 0.483 e. The molecule has 1 rings (SSSR count). The molecule has 1 aliphatic heterocycles. The number of nitrogens with zero attached hydrogens (tertiary/aromatic N) is 1. The molecule has 0 saturated carbocycles. The van der Waals surface area contributed by atoms with Crippen molar-refractivity contribution in [1.82, 2.24) is 4.90 Å². The molecule has 0 bridgehead atoms. The first-order valence-corrected chi connectivity index (χ1v) is 19.6. The van der Waals surface area contributed by atoms with E-state index in [0.717, 1.165) is 38.6 Å². The normalized spacial score (nSPS) is 13.9. The van der Waals surface area contributed by atoms with Gasteiger partial charge in [-0.25, -0.2) is 0 Å². The zero-order valence-corrected chi connectivity index (χ0v) is 30.6. The summed E-state index contributed by atoms with van der Waals surface area (Å²) in [5, 5.41) is 6.89. The molecule has 1 unspecified atom stereocenters. The lowest BCUT2D eigenvalue weighted by molar-refractivity contribution is -0.149. The van der Waals surface area contributed by atoms with E-state index in [1.807, 2.05) is 18.7 Å². The van der Waals surface area contributed by atoms with Gasteiger partial charge in [0.05, 0.1) is 6.54 Å². The van der Waals surface area contributed by atoms with Gasteiger partial charge in [0.15, 0.2) is 0 Å². The van der Waals surface area contributed by atoms with Crippen LogP contribution >= 0.6 is 0 Å². The summed E-state index contributed by atoms with van der Waals surface area (Å²) in [6.07, 6.45) is 36.2. The predicted molar refractivity (Wildman–Crippen MR) is 192 cm³/mol. The first kappa shape index (κ1) is 45.5. The molecule has 0 aliphatic carbocycles. The molecule has 45 heavy (non-hydrogen) atoms. The van der Waals surface area contributed by atoms with Crippen LogP contribution in [-0.4, -0.2) is 47.5 Å². The lowest BCUT2D eigenvalue weighted by Crippen LogP contribution is -2.30. The summed E-state index contributed by atoms with van der Waals surface area (Å²) < 4.78 is 5.69. The van der Waals surface area contributed by atoms with E-state index in [9.17, 15) is 9.59 Å². The van der Waals surface area contributed by atoms with E-state index in [4.69, 9.17) is 14.6 Å². The van der Waals surface area contributed by atoms with Crippen LogP contribution in [-0.2, 0) is 19.1 Å². The molecule has 6 heteroatoms. The lowest BCUT2D eigenvalue weighted by Gasteiger charge is -2.16. The number of carbonyl (C=O) groups is 3. The molecule has 1 heterocycles. The number of carbonyl (C=O) groups excluding carboxylic acids is 2. The Balaban J connectivity index is 0. The van der Waals surface area contributed by atoms with Crippen molar-refractivity contribution < 1.29 is 24.2 Å². The van der Waals surface area contributed by atoms with Gasteiger partial charge in [0, 0.05) is 25.8 Å². The van der Waals surface area contributed by atoms with Gasteiger partial charge in [0.2, 0.25) is 5.91 Å². The molecule has 1 fully saturated rings. The molecule has 0 aromatic rings. The minimum Gasteiger partial charge on any atom is -0.483 e. The van der Waals surface area contributed by atoms with Crippen LogP contribution < -0.4 is 0 Å². The first-order chi connectivity index (χ1) is 22.1. The number of rotatable bonds is 29. The van der Waals surface area contributed by atoms with Crippen molar-refractivity contribution in [3.8, 4) is 0 Å². The van der Waals surface area contributed by atoms with Crippen LogP contribution in [0.15, 0.2) is 0 Å². The average Bonchev–Trinajstić information content (AvgIpc) is 3.51. The fraction of sp³-hybridized carbons (Fsp3) is 0.923. The maximum atomic E-state index is 12.6. The van der Waals surface area contributed by atoms with Crippen LogP contribution in [0.4, 0.5) is 0 Å². The second-order valence-corrected chi connectivity index (χ2v) is 12.8. The molecule has 1 saturated heterocycles. The summed E-state index contributed by atoms with van der Waals surface area (Å²) in [6.45, 7) is 9.64. The number of carboxylic acid groups (broad SMARTS) is 1. The van der Waals surface area contributed by atoms with Crippen molar-refractivity contribution >= 4 is 18.3 Å². The number of unbranched alkanes of at least 4 members (excludes halogenated alkanes) is 24. The monoisotopic (exact) mass is 640 g/mol. The van der Waals surface area contributed by atoms with Crippen molar-refractivity contribution in [1.29, 1.82) is 0 Å². The van der Waals surface area contributed by atoms with Gasteiger partial charge in [-0.2, -0.15) is 0 Å². The van der Waals surface area contributed by atoms with Crippen LogP contribution in [0.2, 0.25) is 0 Å². The van der Waals surface area contributed by atoms with Gasteiger partial charge in [-0.05, 0) is 12.8 Å². The van der Waals surface area contributed by atoms with Crippen molar-refractivity contribution in [3.63, 3.8) is 0 Å². The molecular formula is C39H77NO5. The van der Waals surface area contributed by atoms with Crippen molar-refractivity contribution in [3.05, 3.63) is 0 Å². The van der Waals surface area contributed by atoms with Gasteiger partial charge in [-0.1, -0.05) is 182 Å². The highest BCUT2D eigenvalue weighted by molar-refractivity contribution is 5.76. The van der Waals surface area contributed by atoms with Gasteiger partial charge in [0.1, 0.15) is 6.10 Å². The van der Waals surface area contributed by atoms with E-state index in [1.165, 1.54) is 141 Å². The molecule has 0 aromatic carbocycles. The van der Waals surface area contributed by atoms with Gasteiger partial charge >= 0.3 is 5.97 Å². The van der Waals surface area contributed by atoms with E-state index >= 15 is 0 Å². The third kappa shape index (κ3) is 33.6. The molecule has 6 nitrogen and oxygen atoms in total. The first-order valence-electron chi connectivity index (χ1n) is 19.6. The summed E-state index contributed by atoms with van der Waals surface area (Å²) in [6, 6.07) is 0. The van der Waals surface area contributed by atoms with E-state index in [-0.39, 0.29) is 24.5 Å². The third-order valence-corrected chi connectivity index (χ3v) is 8.77. The van der Waals surface area contributed by atoms with Gasteiger partial charge < -0.3 is 14.7 Å². The van der Waals surface area contributed by atoms with Crippen LogP contribution in [0.3, 0.4) is 0 Å². The SMILES string of the molecule is CC.CCCCCCCCCCCCCCCC(=O)OC1CCN(C(=O)CCCCCCCCCCCCCCC)C1.O=CO. The molecular weight excluding hydrogens is 562 g/mol. The molecule has 268 valence electrons. The second kappa shape index (κ2) is 38.6. The average molecular weight is 640 g/mol. The number of amides is 1. The highest BCUT2D eigenvalue weighted by Gasteiger charge is 2.28. The predicted octanol–water partition coefficient (Wildman–Crippen LogP) is 11.8. The van der Waals surface area contributed by atoms with Crippen molar-refractivity contribution in [2.45, 2.75) is 220 Å². The molecule has 0 aromatic heterocycles. The Kier molecular flexibility index (Phi) is 39.0. The Hall–Kier alpha value is -1.59. The zero-order chi connectivity index (χ0) is 33.6. The summed E-state index contributed by atoms with van der Waals surface area (Å²) in [5.74, 6) is 0.178. The summed E-state index contributed by atoms with van der Waals surface area (Å²) in [5.41, 5.74) is 0. The quantitative estimate of drug-likeness (QED) is 0.0500. The smallest absolute Gasteiger partial charge is 0.306 e. The Labute approximate surface area is 280 Å². The highest BCUT2D eigenvalue weighted by atomic mass is 16.5. The summed E-state index contributed by atoms with van der Waals surface area (Å²) in [4.78, 5) is 35.1. The fourth-order valence-corrected chi connectivity index (χ4v) is 6.03. The van der Waals surface area contributed by atoms with Gasteiger partial charge in [0.25, 0.3) is 6.47 Å². The number of likely N-dealkylation sites (tertiary alicyclic amines) is 1. The molecule has 0 radical (unpaired) electrons. The molecule has 1 N–H and O–H groups in total. The van der Waals surface area contributed by atoms with E-state index in [1.54, 1.807) is 0 Å². The van der Waals surface area contributed by atoms with Gasteiger partial charge in [-0.15, -0.1) is 0 Å². The molecule has 1 aliphatic rings. The van der Waals surface area contributed by atoms with E-state index in [2.05, 4.69) is 13.8 Å². The Morgan fingerprint density at radius 3 is 1.27 bits per heavy atom. The van der Waals surface area contributed by atoms with Crippen LogP contribution in [0.5, 0.6) is 0 Å². The number of ether oxygens (including phenoxy) is 1. The maximum Gasteiger partial charge on any atom is 0.306 e. The Morgan fingerprint density at radius 1 is 0.600 bits per heavy atom. The highest BCUT2D eigenvalue weighted by Crippen LogP contribution is 2.18. The topological polar surface area (TPSA) is 83.9 Å². The third-order valence-electron chi connectivity index (χ3n) is 8.77. The van der Waals surface area contributed by atoms with E-state index in [0.29, 0.717) is 19.4 Å². The minimum absolute atomic E-state index is 0.0705. The standard InChI is InChI=1S/C36H69NO3.C2H6.CH2O2/c1-3-5-7-9-11-13-15-17-19-21-23-25-27-29-35(38)37-32-31-34(33-37)40-36(39)30-28-26-24-22-20-18-16-14-12-10-8-6-4-2;1-2;2-1-3/h34H,3-33H2,1-2H3;1-2H3;1H,(H,2,3). The fourth-order valence-electron chi connectivity index (χ4n) is 6.03. The van der Waals surface area contributed by atoms with E-state index < -0.39 is 0 Å². The lowest BCUT2D eigenvalue weighted by atomic mass is 10.0. The van der Waals surface area contributed by atoms with Crippen molar-refractivity contribution in [2.24, 2.45) is 0 Å². The molecule has 1 atom stereocenters. The molecule has 0 spiro atoms. The number of hydrogen-bond donors (Lipinski definition) is 1. The molecule has 1 amide bonds. The zero-order valence-electron chi connectivity index (χ0n) is 30.6. The van der Waals surface area contributed by atoms with Crippen molar-refractivity contribution in [2.75, 3.05) is 13.1 Å².